The van der Waals surface area contributed by atoms with Crippen molar-refractivity contribution >= 4 is 21.3 Å². The zero-order valence-electron chi connectivity index (χ0n) is 9.42. The summed E-state index contributed by atoms with van der Waals surface area (Å²) in [6.07, 6.45) is 0.760. The summed E-state index contributed by atoms with van der Waals surface area (Å²) in [5.74, 6) is 0. The Morgan fingerprint density at radius 3 is 2.39 bits per heavy atom. The molecular weight excluding hydrogens is 265 g/mol. The van der Waals surface area contributed by atoms with Crippen LogP contribution < -0.4 is 11.2 Å². The number of hydrogen-bond acceptors (Lipinski definition) is 5. The van der Waals surface area contributed by atoms with Crippen molar-refractivity contribution in [2.24, 2.45) is 14.1 Å². The average molecular weight is 273 g/mol. The van der Waals surface area contributed by atoms with Crippen molar-refractivity contribution in [3.05, 3.63) is 33.1 Å². The van der Waals surface area contributed by atoms with E-state index in [0.29, 0.717) is 0 Å². The van der Waals surface area contributed by atoms with Gasteiger partial charge in [-0.1, -0.05) is 0 Å². The summed E-state index contributed by atoms with van der Waals surface area (Å²) >= 11 is 0. The highest BCUT2D eigenvalue weighted by Crippen LogP contribution is 2.14. The number of hydrogen-bond donors (Lipinski definition) is 0. The van der Waals surface area contributed by atoms with E-state index in [4.69, 9.17) is 0 Å². The molecule has 0 fully saturated rings. The first-order chi connectivity index (χ1) is 8.23. The van der Waals surface area contributed by atoms with Crippen LogP contribution in [0.2, 0.25) is 0 Å². The molecule has 0 atom stereocenters. The van der Waals surface area contributed by atoms with E-state index in [-0.39, 0.29) is 11.0 Å². The van der Waals surface area contributed by atoms with Crippen molar-refractivity contribution in [3.8, 4) is 0 Å². The Balaban J connectivity index is 3.05. The predicted molar refractivity (Wildman–Crippen MR) is 60.5 cm³/mol. The smallest absolute Gasteiger partial charge is 0.280 e. The van der Waals surface area contributed by atoms with Crippen LogP contribution in [0.3, 0.4) is 0 Å². The van der Waals surface area contributed by atoms with E-state index < -0.39 is 26.4 Å². The molecule has 2 rings (SSSR count). The molecule has 0 aliphatic carbocycles. The maximum Gasteiger partial charge on any atom is 0.333 e. The van der Waals surface area contributed by atoms with Crippen LogP contribution in [0, 0.1) is 0 Å². The molecule has 0 unspecified atom stereocenters. The van der Waals surface area contributed by atoms with Gasteiger partial charge in [0.05, 0.1) is 11.6 Å². The Hall–Kier alpha value is -2.03. The van der Waals surface area contributed by atoms with Gasteiger partial charge in [-0.15, -0.1) is 3.89 Å². The molecule has 0 aliphatic rings. The van der Waals surface area contributed by atoms with Crippen molar-refractivity contribution in [1.29, 1.82) is 0 Å². The first-order valence-electron chi connectivity index (χ1n) is 4.74. The molecule has 0 radical (unpaired) electrons. The standard InChI is InChI=1S/C9H8FN3O4S/c1-12-7-6(8(14)13(2)9(12)15)3-5(4-11-7)18(10,16)17/h3-4H,1-2H3. The minimum absolute atomic E-state index is 0.00417. The van der Waals surface area contributed by atoms with Gasteiger partial charge in [-0.2, -0.15) is 8.42 Å². The highest BCUT2D eigenvalue weighted by molar-refractivity contribution is 7.86. The second-order valence-corrected chi connectivity index (χ2v) is 5.03. The second-order valence-electron chi connectivity index (χ2n) is 3.69. The van der Waals surface area contributed by atoms with Crippen LogP contribution in [0.5, 0.6) is 0 Å². The fraction of sp³-hybridized carbons (Fsp3) is 0.222. The lowest BCUT2D eigenvalue weighted by molar-refractivity contribution is 0.551. The molecule has 96 valence electrons. The van der Waals surface area contributed by atoms with E-state index >= 15 is 0 Å². The maximum absolute atomic E-state index is 12.8. The molecule has 0 aliphatic heterocycles. The van der Waals surface area contributed by atoms with Crippen molar-refractivity contribution in [2.45, 2.75) is 4.90 Å². The number of aromatic nitrogens is 3. The van der Waals surface area contributed by atoms with Gasteiger partial charge in [0.25, 0.3) is 5.56 Å². The lowest BCUT2D eigenvalue weighted by Crippen LogP contribution is -2.37. The van der Waals surface area contributed by atoms with Gasteiger partial charge >= 0.3 is 15.9 Å². The largest absolute Gasteiger partial charge is 0.333 e. The SMILES string of the molecule is Cn1c(=O)c2cc(S(=O)(=O)F)cnc2n(C)c1=O. The van der Waals surface area contributed by atoms with Gasteiger partial charge in [-0.05, 0) is 6.07 Å². The topological polar surface area (TPSA) is 91.0 Å². The molecule has 9 heteroatoms. The summed E-state index contributed by atoms with van der Waals surface area (Å²) in [4.78, 5) is 26.3. The Kier molecular flexibility index (Phi) is 2.58. The predicted octanol–water partition coefficient (Wildman–Crippen LogP) is -0.710. The number of aryl methyl sites for hydroxylation is 1. The Morgan fingerprint density at radius 2 is 1.83 bits per heavy atom. The summed E-state index contributed by atoms with van der Waals surface area (Å²) in [5.41, 5.74) is -1.34. The van der Waals surface area contributed by atoms with Crippen LogP contribution in [0.1, 0.15) is 0 Å². The van der Waals surface area contributed by atoms with Crippen LogP contribution in [0.25, 0.3) is 11.0 Å². The first kappa shape index (κ1) is 12.4. The van der Waals surface area contributed by atoms with Gasteiger partial charge in [0.1, 0.15) is 10.5 Å². The quantitative estimate of drug-likeness (QED) is 0.640. The third-order valence-corrected chi connectivity index (χ3v) is 3.34. The molecular formula is C9H8FN3O4S. The van der Waals surface area contributed by atoms with Gasteiger partial charge in [0.15, 0.2) is 0 Å². The Labute approximate surface area is 100 Å². The molecule has 2 heterocycles. The molecule has 2 aromatic heterocycles. The molecule has 0 aromatic carbocycles. The van der Waals surface area contributed by atoms with Gasteiger partial charge in [0, 0.05) is 14.1 Å². The van der Waals surface area contributed by atoms with Crippen LogP contribution in [0.15, 0.2) is 26.7 Å². The number of rotatable bonds is 1. The maximum atomic E-state index is 12.8. The van der Waals surface area contributed by atoms with E-state index in [1.165, 1.54) is 14.1 Å². The monoisotopic (exact) mass is 273 g/mol. The number of pyridine rings is 1. The van der Waals surface area contributed by atoms with Crippen molar-refractivity contribution < 1.29 is 12.3 Å². The molecule has 2 aromatic rings. The fourth-order valence-electron chi connectivity index (χ4n) is 1.58. The molecule has 0 bridgehead atoms. The summed E-state index contributed by atoms with van der Waals surface area (Å²) in [7, 11) is -2.33. The third-order valence-electron chi connectivity index (χ3n) is 2.55. The van der Waals surface area contributed by atoms with Crippen LogP contribution >= 0.6 is 0 Å². The van der Waals surface area contributed by atoms with Crippen LogP contribution in [-0.2, 0) is 24.3 Å². The van der Waals surface area contributed by atoms with Crippen molar-refractivity contribution in [1.82, 2.24) is 14.1 Å². The van der Waals surface area contributed by atoms with Gasteiger partial charge in [0.2, 0.25) is 0 Å². The van der Waals surface area contributed by atoms with E-state index in [1.807, 2.05) is 0 Å². The molecule has 0 saturated heterocycles. The minimum Gasteiger partial charge on any atom is -0.280 e. The van der Waals surface area contributed by atoms with Gasteiger partial charge in [-0.3, -0.25) is 13.9 Å². The van der Waals surface area contributed by atoms with E-state index in [1.54, 1.807) is 0 Å². The number of fused-ring (bicyclic) bond motifs is 1. The van der Waals surface area contributed by atoms with Crippen molar-refractivity contribution in [3.63, 3.8) is 0 Å². The number of nitrogens with zero attached hydrogens (tertiary/aromatic N) is 3. The van der Waals surface area contributed by atoms with E-state index in [2.05, 4.69) is 4.98 Å². The average Bonchev–Trinajstić information content (AvgIpc) is 2.32. The van der Waals surface area contributed by atoms with Gasteiger partial charge < -0.3 is 0 Å². The first-order valence-corrected chi connectivity index (χ1v) is 6.12. The molecule has 0 saturated carbocycles. The van der Waals surface area contributed by atoms with E-state index in [0.717, 1.165) is 21.4 Å². The van der Waals surface area contributed by atoms with Gasteiger partial charge in [-0.25, -0.2) is 9.78 Å². The molecule has 7 nitrogen and oxygen atoms in total. The number of halogens is 1. The highest BCUT2D eigenvalue weighted by atomic mass is 32.3. The summed E-state index contributed by atoms with van der Waals surface area (Å²) < 4.78 is 36.2. The van der Waals surface area contributed by atoms with E-state index in [9.17, 15) is 21.9 Å². The summed E-state index contributed by atoms with van der Waals surface area (Å²) in [6, 6.07) is 0.861. The van der Waals surface area contributed by atoms with Crippen molar-refractivity contribution in [2.75, 3.05) is 0 Å². The third kappa shape index (κ3) is 1.72. The molecule has 0 N–H and O–H groups in total. The van der Waals surface area contributed by atoms with Crippen LogP contribution in [0.4, 0.5) is 3.89 Å². The molecule has 0 amide bonds. The molecule has 18 heavy (non-hydrogen) atoms. The highest BCUT2D eigenvalue weighted by Gasteiger charge is 2.16. The summed E-state index contributed by atoms with van der Waals surface area (Å²) in [6.45, 7) is 0. The lowest BCUT2D eigenvalue weighted by Gasteiger charge is -2.06. The Morgan fingerprint density at radius 1 is 1.22 bits per heavy atom. The zero-order chi connectivity index (χ0) is 13.7. The normalized spacial score (nSPS) is 11.9. The second kappa shape index (κ2) is 3.73. The summed E-state index contributed by atoms with van der Waals surface area (Å²) in [5, 5.41) is -0.140. The van der Waals surface area contributed by atoms with Crippen LogP contribution in [-0.4, -0.2) is 22.5 Å². The molecule has 0 spiro atoms. The fourth-order valence-corrected chi connectivity index (χ4v) is 2.02. The Bertz CT molecular complexity index is 866. The zero-order valence-corrected chi connectivity index (χ0v) is 10.2. The lowest BCUT2D eigenvalue weighted by atomic mass is 10.3. The minimum atomic E-state index is -4.94.